The third kappa shape index (κ3) is 5.54. The highest BCUT2D eigenvalue weighted by molar-refractivity contribution is 5.71. The predicted octanol–water partition coefficient (Wildman–Crippen LogP) is -0.709. The molecule has 2 N–H and O–H groups in total. The maximum atomic E-state index is 12.0. The summed E-state index contributed by atoms with van der Waals surface area (Å²) >= 11 is 0. The van der Waals surface area contributed by atoms with Gasteiger partial charge in [0.1, 0.15) is 6.10 Å². The van der Waals surface area contributed by atoms with E-state index in [4.69, 9.17) is 29.8 Å². The molecule has 1 unspecified atom stereocenters. The highest BCUT2D eigenvalue weighted by Crippen LogP contribution is 2.08. The van der Waals surface area contributed by atoms with Crippen LogP contribution in [0.4, 0.5) is 4.79 Å². The van der Waals surface area contributed by atoms with Gasteiger partial charge in [0.05, 0.1) is 39.9 Å². The molecule has 2 amide bonds. The lowest BCUT2D eigenvalue weighted by molar-refractivity contribution is -0.493. The summed E-state index contributed by atoms with van der Waals surface area (Å²) in [7, 11) is 3.92. The van der Waals surface area contributed by atoms with Gasteiger partial charge in [-0.05, 0) is 6.42 Å². The zero-order valence-corrected chi connectivity index (χ0v) is 12.0. The van der Waals surface area contributed by atoms with Crippen molar-refractivity contribution in [3.8, 4) is 0 Å². The molecule has 0 spiro atoms. The molecule has 1 fully saturated rings. The SMILES string of the molecule is CON(OC)N(OC)C(=O)N(N)CCCOCC1CO1. The number of nitrogens with two attached hydrogens (primary N) is 1. The minimum Gasteiger partial charge on any atom is -0.379 e. The molecule has 1 heterocycles. The van der Waals surface area contributed by atoms with Gasteiger partial charge in [0.2, 0.25) is 0 Å². The third-order valence-electron chi connectivity index (χ3n) is 2.44. The molecule has 0 aromatic carbocycles. The van der Waals surface area contributed by atoms with E-state index in [1.54, 1.807) is 0 Å². The highest BCUT2D eigenvalue weighted by Gasteiger charge is 2.26. The Labute approximate surface area is 117 Å². The first-order chi connectivity index (χ1) is 9.63. The highest BCUT2D eigenvalue weighted by atomic mass is 17.0. The summed E-state index contributed by atoms with van der Waals surface area (Å²) in [4.78, 5) is 26.3. The number of ether oxygens (including phenoxy) is 2. The van der Waals surface area contributed by atoms with Crippen LogP contribution < -0.4 is 5.84 Å². The Kier molecular flexibility index (Phi) is 7.69. The predicted molar refractivity (Wildman–Crippen MR) is 66.2 cm³/mol. The van der Waals surface area contributed by atoms with Gasteiger partial charge in [-0.25, -0.2) is 10.6 Å². The summed E-state index contributed by atoms with van der Waals surface area (Å²) in [6.07, 6.45) is 0.818. The second-order valence-electron chi connectivity index (χ2n) is 3.92. The lowest BCUT2D eigenvalue weighted by atomic mass is 10.4. The van der Waals surface area contributed by atoms with Crippen molar-refractivity contribution in [1.82, 2.24) is 15.5 Å². The molecule has 0 saturated carbocycles. The van der Waals surface area contributed by atoms with Gasteiger partial charge in [0, 0.05) is 13.2 Å². The van der Waals surface area contributed by atoms with E-state index in [2.05, 4.69) is 0 Å². The number of nitrogens with zero attached hydrogens (tertiary/aromatic N) is 3. The first kappa shape index (κ1) is 17.0. The molecule has 1 saturated heterocycles. The van der Waals surface area contributed by atoms with E-state index in [-0.39, 0.29) is 6.10 Å². The van der Waals surface area contributed by atoms with E-state index < -0.39 is 6.03 Å². The Morgan fingerprint density at radius 3 is 2.45 bits per heavy atom. The van der Waals surface area contributed by atoms with Crippen molar-refractivity contribution in [2.45, 2.75) is 12.5 Å². The van der Waals surface area contributed by atoms with E-state index in [9.17, 15) is 4.79 Å². The van der Waals surface area contributed by atoms with Crippen molar-refractivity contribution in [3.63, 3.8) is 0 Å². The van der Waals surface area contributed by atoms with Crippen LogP contribution in [0.1, 0.15) is 6.42 Å². The molecule has 0 bridgehead atoms. The number of hydrogen-bond acceptors (Lipinski definition) is 8. The molecule has 20 heavy (non-hydrogen) atoms. The van der Waals surface area contributed by atoms with Gasteiger partial charge >= 0.3 is 6.03 Å². The minimum absolute atomic E-state index is 0.228. The van der Waals surface area contributed by atoms with E-state index in [1.807, 2.05) is 0 Å². The second-order valence-corrected chi connectivity index (χ2v) is 3.92. The molecule has 10 heteroatoms. The van der Waals surface area contributed by atoms with Gasteiger partial charge in [-0.15, -0.1) is 0 Å². The van der Waals surface area contributed by atoms with Crippen LogP contribution >= 0.6 is 0 Å². The average molecular weight is 294 g/mol. The fourth-order valence-corrected chi connectivity index (χ4v) is 1.36. The molecule has 1 aliphatic heterocycles. The number of hydroxylamine groups is 1. The van der Waals surface area contributed by atoms with Gasteiger partial charge < -0.3 is 9.47 Å². The van der Waals surface area contributed by atoms with E-state index in [1.165, 1.54) is 21.3 Å². The number of hydrazine groups is 2. The Morgan fingerprint density at radius 2 is 1.95 bits per heavy atom. The Balaban J connectivity index is 2.24. The normalized spacial score (nSPS) is 17.4. The van der Waals surface area contributed by atoms with Crippen LogP contribution in [-0.2, 0) is 24.0 Å². The van der Waals surface area contributed by atoms with Crippen molar-refractivity contribution >= 4 is 6.03 Å². The Morgan fingerprint density at radius 1 is 1.30 bits per heavy atom. The maximum absolute atomic E-state index is 12.0. The molecule has 10 nitrogen and oxygen atoms in total. The van der Waals surface area contributed by atoms with E-state index in [0.717, 1.165) is 22.1 Å². The molecular weight excluding hydrogens is 272 g/mol. The Bertz CT molecular complexity index is 287. The summed E-state index contributed by atoms with van der Waals surface area (Å²) in [6.45, 7) is 2.12. The van der Waals surface area contributed by atoms with Crippen LogP contribution in [-0.4, -0.2) is 75.3 Å². The molecule has 0 aliphatic carbocycles. The molecule has 0 aromatic heterocycles. The van der Waals surface area contributed by atoms with Crippen LogP contribution in [0.2, 0.25) is 0 Å². The molecular formula is C10H22N4O6. The number of carbonyl (C=O) groups is 1. The molecule has 0 radical (unpaired) electrons. The number of urea groups is 1. The van der Waals surface area contributed by atoms with Crippen molar-refractivity contribution in [2.75, 3.05) is 47.7 Å². The van der Waals surface area contributed by atoms with Crippen LogP contribution in [0.25, 0.3) is 0 Å². The molecule has 0 aromatic rings. The summed E-state index contributed by atoms with van der Waals surface area (Å²) in [6, 6.07) is -0.637. The van der Waals surface area contributed by atoms with Crippen molar-refractivity contribution in [1.29, 1.82) is 0 Å². The molecule has 1 aliphatic rings. The molecule has 1 atom stereocenters. The van der Waals surface area contributed by atoms with Crippen molar-refractivity contribution < 1.29 is 28.8 Å². The largest absolute Gasteiger partial charge is 0.379 e. The fourth-order valence-electron chi connectivity index (χ4n) is 1.36. The zero-order valence-electron chi connectivity index (χ0n) is 12.0. The second kappa shape index (κ2) is 9.02. The maximum Gasteiger partial charge on any atom is 0.377 e. The number of rotatable bonds is 10. The van der Waals surface area contributed by atoms with Crippen LogP contribution in [0.3, 0.4) is 0 Å². The minimum atomic E-state index is -0.637. The smallest absolute Gasteiger partial charge is 0.377 e. The Hall–Kier alpha value is -1.01. The topological polar surface area (TPSA) is 102 Å². The summed E-state index contributed by atoms with van der Waals surface area (Å²) in [5.41, 5.74) is 0. The van der Waals surface area contributed by atoms with Crippen molar-refractivity contribution in [3.05, 3.63) is 0 Å². The quantitative estimate of drug-likeness (QED) is 0.185. The van der Waals surface area contributed by atoms with Crippen LogP contribution in [0.15, 0.2) is 0 Å². The number of hydrogen-bond donors (Lipinski definition) is 1. The summed E-state index contributed by atoms with van der Waals surface area (Å²) < 4.78 is 10.3. The average Bonchev–Trinajstić information content (AvgIpc) is 3.27. The van der Waals surface area contributed by atoms with Gasteiger partial charge in [-0.2, -0.15) is 0 Å². The van der Waals surface area contributed by atoms with Gasteiger partial charge in [-0.3, -0.25) is 19.5 Å². The standard InChI is InChI=1S/C10H22N4O6/c1-16-13(14(17-2)18-3)10(15)12(11)5-4-6-19-7-9-8-20-9/h9H,4-8,11H2,1-3H3. The molecule has 1 rings (SSSR count). The van der Waals surface area contributed by atoms with E-state index >= 15 is 0 Å². The van der Waals surface area contributed by atoms with E-state index in [0.29, 0.717) is 26.2 Å². The van der Waals surface area contributed by atoms with Gasteiger partial charge in [-0.1, -0.05) is 5.17 Å². The van der Waals surface area contributed by atoms with Crippen LogP contribution in [0, 0.1) is 0 Å². The third-order valence-corrected chi connectivity index (χ3v) is 2.44. The first-order valence-corrected chi connectivity index (χ1v) is 6.12. The monoisotopic (exact) mass is 294 g/mol. The fraction of sp³-hybridized carbons (Fsp3) is 0.900. The number of amides is 2. The lowest BCUT2D eigenvalue weighted by Crippen LogP contribution is -2.53. The lowest BCUT2D eigenvalue weighted by Gasteiger charge is -2.29. The molecule has 118 valence electrons. The van der Waals surface area contributed by atoms with Crippen molar-refractivity contribution in [2.24, 2.45) is 5.84 Å². The number of epoxide rings is 1. The summed E-state index contributed by atoms with van der Waals surface area (Å²) in [5, 5.41) is 2.47. The van der Waals surface area contributed by atoms with Gasteiger partial charge in [0.25, 0.3) is 0 Å². The summed E-state index contributed by atoms with van der Waals surface area (Å²) in [5.74, 6) is 5.64. The first-order valence-electron chi connectivity index (χ1n) is 6.12. The van der Waals surface area contributed by atoms with Gasteiger partial charge in [0.15, 0.2) is 0 Å². The van der Waals surface area contributed by atoms with Crippen LogP contribution in [0.5, 0.6) is 0 Å². The number of carbonyl (C=O) groups excluding carboxylic acids is 1. The zero-order chi connectivity index (χ0) is 15.0.